The Hall–Kier alpha value is -4.17. The summed E-state index contributed by atoms with van der Waals surface area (Å²) in [5, 5.41) is 3.22. The minimum atomic E-state index is -0.433. The number of hydrogen-bond donors (Lipinski definition) is 1. The monoisotopic (exact) mass is 519 g/mol. The van der Waals surface area contributed by atoms with Crippen LogP contribution in [0.5, 0.6) is 5.75 Å². The Labute approximate surface area is 217 Å². The maximum Gasteiger partial charge on any atom is 0.277 e. The summed E-state index contributed by atoms with van der Waals surface area (Å²) in [5.74, 6) is -0.0428. The molecule has 0 saturated heterocycles. The minimum Gasteiger partial charge on any atom is -0.484 e. The van der Waals surface area contributed by atoms with E-state index in [1.165, 1.54) is 25.3 Å². The molecule has 1 aliphatic rings. The number of amides is 2. The standard InChI is InChI=1S/C28H23ClFN3O4/c1-17(34)33-12-11-18-7-10-23(14-24(18)27(33)19-5-8-21(30)9-6-19)36-16-26-32-25(15-37-26)28(35)31-22-4-2-3-20(29)13-22/h2-10,13-15,27H,11-12,16H2,1H3,(H,31,35). The number of carbonyl (C=O) groups excluding carboxylic acids is 2. The molecule has 188 valence electrons. The Bertz CT molecular complexity index is 1450. The number of fused-ring (bicyclic) bond motifs is 1. The van der Waals surface area contributed by atoms with Crippen molar-refractivity contribution in [3.8, 4) is 5.75 Å². The second-order valence-electron chi connectivity index (χ2n) is 8.66. The Morgan fingerprint density at radius 2 is 1.97 bits per heavy atom. The average Bonchev–Trinajstić information content (AvgIpc) is 3.36. The molecular weight excluding hydrogens is 497 g/mol. The highest BCUT2D eigenvalue weighted by Gasteiger charge is 2.31. The smallest absolute Gasteiger partial charge is 0.277 e. The van der Waals surface area contributed by atoms with Crippen molar-refractivity contribution in [1.29, 1.82) is 0 Å². The van der Waals surface area contributed by atoms with E-state index in [1.807, 2.05) is 18.2 Å². The van der Waals surface area contributed by atoms with Crippen LogP contribution in [0.15, 0.2) is 77.4 Å². The van der Waals surface area contributed by atoms with Gasteiger partial charge >= 0.3 is 0 Å². The number of carbonyl (C=O) groups is 2. The molecule has 0 aliphatic carbocycles. The van der Waals surface area contributed by atoms with Gasteiger partial charge in [0.25, 0.3) is 5.91 Å². The van der Waals surface area contributed by atoms with Gasteiger partial charge in [-0.1, -0.05) is 35.9 Å². The highest BCUT2D eigenvalue weighted by atomic mass is 35.5. The zero-order valence-corrected chi connectivity index (χ0v) is 20.7. The molecule has 0 bridgehead atoms. The number of rotatable bonds is 6. The molecule has 0 fully saturated rings. The lowest BCUT2D eigenvalue weighted by Gasteiger charge is -2.37. The second kappa shape index (κ2) is 10.4. The lowest BCUT2D eigenvalue weighted by atomic mass is 9.88. The van der Waals surface area contributed by atoms with Gasteiger partial charge in [0.1, 0.15) is 17.8 Å². The van der Waals surface area contributed by atoms with E-state index < -0.39 is 5.91 Å². The molecule has 5 rings (SSSR count). The van der Waals surface area contributed by atoms with Gasteiger partial charge in [-0.3, -0.25) is 9.59 Å². The average molecular weight is 520 g/mol. The van der Waals surface area contributed by atoms with Gasteiger partial charge in [0.05, 0.1) is 6.04 Å². The molecule has 1 atom stereocenters. The van der Waals surface area contributed by atoms with Crippen LogP contribution in [0.1, 0.15) is 46.0 Å². The van der Waals surface area contributed by atoms with Gasteiger partial charge in [-0.15, -0.1) is 0 Å². The number of nitrogens with one attached hydrogen (secondary N) is 1. The van der Waals surface area contributed by atoms with Gasteiger partial charge in [0.2, 0.25) is 11.8 Å². The highest BCUT2D eigenvalue weighted by Crippen LogP contribution is 2.37. The molecule has 1 N–H and O–H groups in total. The van der Waals surface area contributed by atoms with Crippen LogP contribution >= 0.6 is 11.6 Å². The third-order valence-electron chi connectivity index (χ3n) is 6.17. The van der Waals surface area contributed by atoms with Crippen LogP contribution in [0.4, 0.5) is 10.1 Å². The predicted octanol–water partition coefficient (Wildman–Crippen LogP) is 5.79. The number of nitrogens with zero attached hydrogens (tertiary/aromatic N) is 2. The Balaban J connectivity index is 1.32. The number of benzene rings is 3. The van der Waals surface area contributed by atoms with Crippen LogP contribution in [0.3, 0.4) is 0 Å². The van der Waals surface area contributed by atoms with Crippen LogP contribution in [-0.4, -0.2) is 28.2 Å². The molecule has 0 spiro atoms. The van der Waals surface area contributed by atoms with Crippen molar-refractivity contribution in [2.24, 2.45) is 0 Å². The lowest BCUT2D eigenvalue weighted by molar-refractivity contribution is -0.130. The summed E-state index contributed by atoms with van der Waals surface area (Å²) in [4.78, 5) is 30.9. The van der Waals surface area contributed by atoms with E-state index in [9.17, 15) is 14.0 Å². The first-order valence-electron chi connectivity index (χ1n) is 11.7. The summed E-state index contributed by atoms with van der Waals surface area (Å²) in [5.41, 5.74) is 3.48. The summed E-state index contributed by atoms with van der Waals surface area (Å²) in [6, 6.07) is 18.3. The van der Waals surface area contributed by atoms with Crippen molar-refractivity contribution >= 4 is 29.1 Å². The quantitative estimate of drug-likeness (QED) is 0.348. The van der Waals surface area contributed by atoms with E-state index >= 15 is 0 Å². The molecule has 2 amide bonds. The van der Waals surface area contributed by atoms with Crippen molar-refractivity contribution in [2.45, 2.75) is 26.0 Å². The zero-order valence-electron chi connectivity index (χ0n) is 19.9. The molecular formula is C28H23ClFN3O4. The molecule has 0 saturated carbocycles. The number of halogens is 2. The molecule has 2 heterocycles. The molecule has 4 aromatic rings. The number of hydrogen-bond acceptors (Lipinski definition) is 5. The van der Waals surface area contributed by atoms with Crippen LogP contribution in [0.25, 0.3) is 0 Å². The SMILES string of the molecule is CC(=O)N1CCc2ccc(OCc3nc(C(=O)Nc4cccc(Cl)c4)co3)cc2C1c1ccc(F)cc1. The Kier molecular flexibility index (Phi) is 6.92. The van der Waals surface area contributed by atoms with E-state index in [2.05, 4.69) is 10.3 Å². The Morgan fingerprint density at radius 1 is 1.16 bits per heavy atom. The molecule has 9 heteroatoms. The third kappa shape index (κ3) is 5.49. The van der Waals surface area contributed by atoms with Crippen LogP contribution < -0.4 is 10.1 Å². The first-order valence-corrected chi connectivity index (χ1v) is 12.0. The summed E-state index contributed by atoms with van der Waals surface area (Å²) in [6.07, 6.45) is 1.97. The van der Waals surface area contributed by atoms with Crippen molar-refractivity contribution in [2.75, 3.05) is 11.9 Å². The van der Waals surface area contributed by atoms with Crippen molar-refractivity contribution < 1.29 is 23.1 Å². The molecule has 1 aliphatic heterocycles. The number of anilines is 1. The van der Waals surface area contributed by atoms with Gasteiger partial charge in [0.15, 0.2) is 12.3 Å². The second-order valence-corrected chi connectivity index (χ2v) is 9.09. The number of aromatic nitrogens is 1. The molecule has 3 aromatic carbocycles. The van der Waals surface area contributed by atoms with Crippen molar-refractivity contribution in [3.05, 3.63) is 112 Å². The first-order chi connectivity index (χ1) is 17.9. The fraction of sp³-hybridized carbons (Fsp3) is 0.179. The van der Waals surface area contributed by atoms with E-state index in [1.54, 1.807) is 41.3 Å². The zero-order chi connectivity index (χ0) is 25.9. The summed E-state index contributed by atoms with van der Waals surface area (Å²) >= 11 is 5.96. The molecule has 1 aromatic heterocycles. The lowest BCUT2D eigenvalue weighted by Crippen LogP contribution is -2.39. The fourth-order valence-corrected chi connectivity index (χ4v) is 4.60. The van der Waals surface area contributed by atoms with E-state index in [0.29, 0.717) is 29.4 Å². The maximum absolute atomic E-state index is 13.6. The normalized spacial score (nSPS) is 14.7. The molecule has 7 nitrogen and oxygen atoms in total. The number of ether oxygens (including phenoxy) is 1. The van der Waals surface area contributed by atoms with Gasteiger partial charge in [-0.25, -0.2) is 9.37 Å². The molecule has 0 radical (unpaired) electrons. The third-order valence-corrected chi connectivity index (χ3v) is 6.40. The van der Waals surface area contributed by atoms with Gasteiger partial charge < -0.3 is 19.4 Å². The van der Waals surface area contributed by atoms with Crippen molar-refractivity contribution in [1.82, 2.24) is 9.88 Å². The summed E-state index contributed by atoms with van der Waals surface area (Å²) in [6.45, 7) is 2.10. The Morgan fingerprint density at radius 3 is 2.73 bits per heavy atom. The maximum atomic E-state index is 13.6. The fourth-order valence-electron chi connectivity index (χ4n) is 4.41. The van der Waals surface area contributed by atoms with E-state index in [-0.39, 0.29) is 36.0 Å². The van der Waals surface area contributed by atoms with Crippen molar-refractivity contribution in [3.63, 3.8) is 0 Å². The first kappa shape index (κ1) is 24.5. The summed E-state index contributed by atoms with van der Waals surface area (Å²) in [7, 11) is 0. The largest absolute Gasteiger partial charge is 0.484 e. The van der Waals surface area contributed by atoms with E-state index in [4.69, 9.17) is 20.8 Å². The highest BCUT2D eigenvalue weighted by molar-refractivity contribution is 6.30. The van der Waals surface area contributed by atoms with Crippen LogP contribution in [0.2, 0.25) is 5.02 Å². The van der Waals surface area contributed by atoms with E-state index in [0.717, 1.165) is 16.7 Å². The topological polar surface area (TPSA) is 84.7 Å². The van der Waals surface area contributed by atoms with Crippen LogP contribution in [0, 0.1) is 5.82 Å². The number of oxazole rings is 1. The van der Waals surface area contributed by atoms with Gasteiger partial charge in [0, 0.05) is 24.2 Å². The predicted molar refractivity (Wildman–Crippen MR) is 136 cm³/mol. The molecule has 1 unspecified atom stereocenters. The van der Waals surface area contributed by atoms with Crippen LogP contribution in [-0.2, 0) is 17.8 Å². The molecule has 37 heavy (non-hydrogen) atoms. The summed E-state index contributed by atoms with van der Waals surface area (Å²) < 4.78 is 24.9. The minimum absolute atomic E-state index is 0.000862. The van der Waals surface area contributed by atoms with Gasteiger partial charge in [-0.2, -0.15) is 0 Å². The van der Waals surface area contributed by atoms with Gasteiger partial charge in [-0.05, 0) is 65.6 Å².